The maximum Gasteiger partial charge on any atom is 0.305 e. The van der Waals surface area contributed by atoms with Gasteiger partial charge in [0.05, 0.1) is 6.42 Å². The van der Waals surface area contributed by atoms with Crippen molar-refractivity contribution >= 4 is 17.6 Å². The Bertz CT molecular complexity index is 461. The quantitative estimate of drug-likeness (QED) is 0.921. The molecule has 1 N–H and O–H groups in total. The zero-order valence-corrected chi connectivity index (χ0v) is 11.4. The molecule has 0 radical (unpaired) electrons. The lowest BCUT2D eigenvalue weighted by molar-refractivity contribution is -0.138. The zero-order chi connectivity index (χ0) is 13.8. The lowest BCUT2D eigenvalue weighted by atomic mass is 9.99. The molecule has 0 aliphatic carbocycles. The van der Waals surface area contributed by atoms with Gasteiger partial charge in [-0.25, -0.2) is 4.39 Å². The molecule has 0 saturated carbocycles. The van der Waals surface area contributed by atoms with Crippen LogP contribution in [0, 0.1) is 5.82 Å². The standard InChI is InChI=1S/C14H17ClFNO2/c15-12-8-10(16)4-5-11(12)13(9-14(18)19)17-6-2-1-3-7-17/h4-5,8,13H,1-3,6-7,9H2,(H,18,19). The SMILES string of the molecule is O=C(O)CC(c1ccc(F)cc1Cl)N1CCCCC1. The van der Waals surface area contributed by atoms with Crippen LogP contribution in [-0.4, -0.2) is 29.1 Å². The Morgan fingerprint density at radius 1 is 1.37 bits per heavy atom. The van der Waals surface area contributed by atoms with Crippen molar-refractivity contribution < 1.29 is 14.3 Å². The van der Waals surface area contributed by atoms with Crippen LogP contribution in [0.15, 0.2) is 18.2 Å². The number of carboxylic acid groups (broad SMARTS) is 1. The summed E-state index contributed by atoms with van der Waals surface area (Å²) in [7, 11) is 0. The van der Waals surface area contributed by atoms with E-state index in [1.165, 1.54) is 18.6 Å². The molecule has 1 fully saturated rings. The molecular weight excluding hydrogens is 269 g/mol. The molecule has 19 heavy (non-hydrogen) atoms. The fourth-order valence-electron chi connectivity index (χ4n) is 2.60. The van der Waals surface area contributed by atoms with Crippen LogP contribution >= 0.6 is 11.6 Å². The van der Waals surface area contributed by atoms with E-state index in [4.69, 9.17) is 16.7 Å². The van der Waals surface area contributed by atoms with Crippen molar-refractivity contribution in [1.29, 1.82) is 0 Å². The average Bonchev–Trinajstić information content (AvgIpc) is 2.37. The lowest BCUT2D eigenvalue weighted by Crippen LogP contribution is -2.35. The topological polar surface area (TPSA) is 40.5 Å². The third kappa shape index (κ3) is 3.67. The zero-order valence-electron chi connectivity index (χ0n) is 10.6. The molecule has 0 spiro atoms. The van der Waals surface area contributed by atoms with E-state index in [2.05, 4.69) is 4.90 Å². The number of likely N-dealkylation sites (tertiary alicyclic amines) is 1. The average molecular weight is 286 g/mol. The largest absolute Gasteiger partial charge is 0.481 e. The molecule has 1 aromatic carbocycles. The van der Waals surface area contributed by atoms with Crippen molar-refractivity contribution in [3.8, 4) is 0 Å². The maximum absolute atomic E-state index is 13.1. The summed E-state index contributed by atoms with van der Waals surface area (Å²) in [6.45, 7) is 1.73. The lowest BCUT2D eigenvalue weighted by Gasteiger charge is -2.34. The van der Waals surface area contributed by atoms with Gasteiger partial charge in [-0.1, -0.05) is 24.1 Å². The second-order valence-corrected chi connectivity index (χ2v) is 5.28. The van der Waals surface area contributed by atoms with Gasteiger partial charge in [-0.2, -0.15) is 0 Å². The number of hydrogen-bond donors (Lipinski definition) is 1. The number of nitrogens with zero attached hydrogens (tertiary/aromatic N) is 1. The minimum Gasteiger partial charge on any atom is -0.481 e. The van der Waals surface area contributed by atoms with Crippen LogP contribution in [0.4, 0.5) is 4.39 Å². The number of carboxylic acids is 1. The fraction of sp³-hybridized carbons (Fsp3) is 0.500. The Labute approximate surface area is 117 Å². The van der Waals surface area contributed by atoms with Crippen molar-refractivity contribution in [3.05, 3.63) is 34.6 Å². The molecular formula is C14H17ClFNO2. The molecule has 1 heterocycles. The Hall–Kier alpha value is -1.13. The number of rotatable bonds is 4. The van der Waals surface area contributed by atoms with E-state index >= 15 is 0 Å². The summed E-state index contributed by atoms with van der Waals surface area (Å²) in [6.07, 6.45) is 3.29. The third-order valence-corrected chi connectivity index (χ3v) is 3.85. The predicted octanol–water partition coefficient (Wildman–Crippen LogP) is 3.48. The molecule has 1 saturated heterocycles. The fourth-order valence-corrected chi connectivity index (χ4v) is 2.90. The molecule has 3 nitrogen and oxygen atoms in total. The smallest absolute Gasteiger partial charge is 0.305 e. The summed E-state index contributed by atoms with van der Waals surface area (Å²) in [6, 6.07) is 3.90. The van der Waals surface area contributed by atoms with Crippen molar-refractivity contribution in [1.82, 2.24) is 4.90 Å². The highest BCUT2D eigenvalue weighted by Crippen LogP contribution is 2.32. The molecule has 1 atom stereocenters. The first kappa shape index (κ1) is 14.3. The van der Waals surface area contributed by atoms with E-state index in [1.807, 2.05) is 0 Å². The van der Waals surface area contributed by atoms with E-state index in [1.54, 1.807) is 6.07 Å². The molecule has 1 unspecified atom stereocenters. The van der Waals surface area contributed by atoms with Gasteiger partial charge >= 0.3 is 5.97 Å². The number of hydrogen-bond acceptors (Lipinski definition) is 2. The number of piperidine rings is 1. The Morgan fingerprint density at radius 2 is 2.05 bits per heavy atom. The van der Waals surface area contributed by atoms with Crippen molar-refractivity contribution in [2.75, 3.05) is 13.1 Å². The van der Waals surface area contributed by atoms with Gasteiger partial charge in [-0.3, -0.25) is 9.69 Å². The van der Waals surface area contributed by atoms with Gasteiger partial charge < -0.3 is 5.11 Å². The molecule has 2 rings (SSSR count). The summed E-state index contributed by atoms with van der Waals surface area (Å²) >= 11 is 6.07. The molecule has 1 aliphatic heterocycles. The molecule has 0 amide bonds. The Balaban J connectivity index is 2.27. The number of aliphatic carboxylic acids is 1. The highest BCUT2D eigenvalue weighted by Gasteiger charge is 2.26. The highest BCUT2D eigenvalue weighted by atomic mass is 35.5. The second kappa shape index (κ2) is 6.35. The summed E-state index contributed by atoms with van der Waals surface area (Å²) in [4.78, 5) is 13.2. The van der Waals surface area contributed by atoms with Gasteiger partial charge in [0.2, 0.25) is 0 Å². The van der Waals surface area contributed by atoms with Gasteiger partial charge in [0, 0.05) is 11.1 Å². The first-order valence-electron chi connectivity index (χ1n) is 6.48. The van der Waals surface area contributed by atoms with Crippen LogP contribution in [0.25, 0.3) is 0 Å². The normalized spacial score (nSPS) is 18.2. The van der Waals surface area contributed by atoms with Crippen LogP contribution in [-0.2, 0) is 4.79 Å². The minimum atomic E-state index is -0.865. The summed E-state index contributed by atoms with van der Waals surface area (Å²) in [5.74, 6) is -1.27. The first-order chi connectivity index (χ1) is 9.08. The summed E-state index contributed by atoms with van der Waals surface area (Å²) in [5, 5.41) is 9.38. The van der Waals surface area contributed by atoms with E-state index in [0.29, 0.717) is 10.6 Å². The van der Waals surface area contributed by atoms with Gasteiger partial charge in [-0.15, -0.1) is 0 Å². The van der Waals surface area contributed by atoms with Gasteiger partial charge in [0.15, 0.2) is 0 Å². The van der Waals surface area contributed by atoms with Crippen molar-refractivity contribution in [2.45, 2.75) is 31.7 Å². The molecule has 0 bridgehead atoms. The van der Waals surface area contributed by atoms with E-state index in [-0.39, 0.29) is 12.5 Å². The molecule has 0 aromatic heterocycles. The minimum absolute atomic E-state index is 0.00858. The van der Waals surface area contributed by atoms with Crippen LogP contribution in [0.1, 0.15) is 37.3 Å². The van der Waals surface area contributed by atoms with Crippen LogP contribution in [0.2, 0.25) is 5.02 Å². The van der Waals surface area contributed by atoms with Crippen molar-refractivity contribution in [3.63, 3.8) is 0 Å². The van der Waals surface area contributed by atoms with Crippen LogP contribution in [0.3, 0.4) is 0 Å². The predicted molar refractivity (Wildman–Crippen MR) is 71.8 cm³/mol. The second-order valence-electron chi connectivity index (χ2n) is 4.88. The number of halogens is 2. The van der Waals surface area contributed by atoms with E-state index in [0.717, 1.165) is 25.9 Å². The molecule has 104 valence electrons. The van der Waals surface area contributed by atoms with Crippen LogP contribution < -0.4 is 0 Å². The molecule has 5 heteroatoms. The van der Waals surface area contributed by atoms with E-state index in [9.17, 15) is 9.18 Å². The monoisotopic (exact) mass is 285 g/mol. The number of carbonyl (C=O) groups is 1. The summed E-state index contributed by atoms with van der Waals surface area (Å²) in [5.41, 5.74) is 0.701. The summed E-state index contributed by atoms with van der Waals surface area (Å²) < 4.78 is 13.1. The van der Waals surface area contributed by atoms with Gasteiger partial charge in [0.25, 0.3) is 0 Å². The van der Waals surface area contributed by atoms with Crippen molar-refractivity contribution in [2.24, 2.45) is 0 Å². The Morgan fingerprint density at radius 3 is 2.63 bits per heavy atom. The third-order valence-electron chi connectivity index (χ3n) is 3.52. The number of benzene rings is 1. The van der Waals surface area contributed by atoms with Crippen LogP contribution in [0.5, 0.6) is 0 Å². The molecule has 1 aromatic rings. The maximum atomic E-state index is 13.1. The Kier molecular flexibility index (Phi) is 4.77. The molecule has 1 aliphatic rings. The highest BCUT2D eigenvalue weighted by molar-refractivity contribution is 6.31. The van der Waals surface area contributed by atoms with Gasteiger partial charge in [0.1, 0.15) is 5.82 Å². The van der Waals surface area contributed by atoms with E-state index < -0.39 is 11.8 Å². The van der Waals surface area contributed by atoms with Gasteiger partial charge in [-0.05, 0) is 43.6 Å². The first-order valence-corrected chi connectivity index (χ1v) is 6.86.